The Balaban J connectivity index is 2.21. The summed E-state index contributed by atoms with van der Waals surface area (Å²) >= 11 is 7.53. The van der Waals surface area contributed by atoms with Crippen LogP contribution in [0.15, 0.2) is 23.1 Å². The summed E-state index contributed by atoms with van der Waals surface area (Å²) in [6.07, 6.45) is 2.31. The van der Waals surface area contributed by atoms with Crippen LogP contribution < -0.4 is 5.73 Å². The molecule has 0 aliphatic rings. The average Bonchev–Trinajstić information content (AvgIpc) is 2.26. The van der Waals surface area contributed by atoms with Gasteiger partial charge in [-0.25, -0.2) is 0 Å². The predicted molar refractivity (Wildman–Crippen MR) is 72.3 cm³/mol. The molecule has 90 valence electrons. The molecule has 0 aromatic heterocycles. The molecule has 0 heterocycles. The van der Waals surface area contributed by atoms with Gasteiger partial charge in [-0.05, 0) is 24.6 Å². The van der Waals surface area contributed by atoms with Crippen molar-refractivity contribution in [2.24, 2.45) is 0 Å². The Morgan fingerprint density at radius 3 is 2.88 bits per heavy atom. The van der Waals surface area contributed by atoms with Crippen molar-refractivity contribution in [1.82, 2.24) is 0 Å². The molecule has 2 N–H and O–H groups in total. The summed E-state index contributed by atoms with van der Waals surface area (Å²) in [4.78, 5) is 1.07. The molecule has 1 rings (SSSR count). The number of rotatable bonds is 7. The maximum Gasteiger partial charge on any atom is 0.0560 e. The van der Waals surface area contributed by atoms with Crippen molar-refractivity contribution in [1.29, 1.82) is 0 Å². The van der Waals surface area contributed by atoms with Crippen LogP contribution in [0.4, 0.5) is 5.69 Å². The van der Waals surface area contributed by atoms with Crippen molar-refractivity contribution in [3.63, 3.8) is 0 Å². The number of anilines is 1. The Morgan fingerprint density at radius 2 is 2.19 bits per heavy atom. The minimum atomic E-state index is 0.682. The van der Waals surface area contributed by atoms with Crippen LogP contribution in [-0.4, -0.2) is 19.0 Å². The van der Waals surface area contributed by atoms with E-state index in [-0.39, 0.29) is 0 Å². The smallest absolute Gasteiger partial charge is 0.0560 e. The van der Waals surface area contributed by atoms with Crippen LogP contribution in [0.1, 0.15) is 19.8 Å². The van der Waals surface area contributed by atoms with Gasteiger partial charge in [-0.2, -0.15) is 0 Å². The molecule has 0 unspecified atom stereocenters. The summed E-state index contributed by atoms with van der Waals surface area (Å²) in [5.74, 6) is 0.926. The van der Waals surface area contributed by atoms with E-state index in [2.05, 4.69) is 6.92 Å². The fourth-order valence-electron chi connectivity index (χ4n) is 1.21. The highest BCUT2D eigenvalue weighted by Gasteiger charge is 2.00. The lowest BCUT2D eigenvalue weighted by Crippen LogP contribution is -1.99. The van der Waals surface area contributed by atoms with Crippen molar-refractivity contribution in [2.75, 3.05) is 24.7 Å². The maximum absolute atomic E-state index is 5.84. The lowest BCUT2D eigenvalue weighted by atomic mass is 10.3. The minimum absolute atomic E-state index is 0.682. The molecule has 4 heteroatoms. The monoisotopic (exact) mass is 259 g/mol. The van der Waals surface area contributed by atoms with Gasteiger partial charge in [0.15, 0.2) is 0 Å². The first-order valence-electron chi connectivity index (χ1n) is 5.49. The van der Waals surface area contributed by atoms with Gasteiger partial charge in [0.05, 0.1) is 6.61 Å². The number of nitrogen functional groups attached to an aromatic ring is 1. The van der Waals surface area contributed by atoms with Crippen molar-refractivity contribution in [2.45, 2.75) is 24.7 Å². The van der Waals surface area contributed by atoms with E-state index in [1.54, 1.807) is 17.8 Å². The summed E-state index contributed by atoms with van der Waals surface area (Å²) in [7, 11) is 0. The van der Waals surface area contributed by atoms with Gasteiger partial charge in [-0.1, -0.05) is 24.9 Å². The molecule has 0 amide bonds. The Kier molecular flexibility index (Phi) is 6.69. The van der Waals surface area contributed by atoms with Crippen LogP contribution in [-0.2, 0) is 4.74 Å². The molecule has 16 heavy (non-hydrogen) atoms. The first kappa shape index (κ1) is 13.7. The van der Waals surface area contributed by atoms with E-state index < -0.39 is 0 Å². The topological polar surface area (TPSA) is 35.2 Å². The van der Waals surface area contributed by atoms with Crippen molar-refractivity contribution < 1.29 is 4.74 Å². The van der Waals surface area contributed by atoms with Gasteiger partial charge < -0.3 is 10.5 Å². The van der Waals surface area contributed by atoms with Gasteiger partial charge in [-0.3, -0.25) is 0 Å². The second kappa shape index (κ2) is 7.82. The molecule has 0 radical (unpaired) electrons. The van der Waals surface area contributed by atoms with E-state index in [1.165, 1.54) is 6.42 Å². The fraction of sp³-hybridized carbons (Fsp3) is 0.500. The zero-order valence-electron chi connectivity index (χ0n) is 9.54. The van der Waals surface area contributed by atoms with E-state index in [0.29, 0.717) is 5.02 Å². The maximum atomic E-state index is 5.84. The van der Waals surface area contributed by atoms with Gasteiger partial charge in [0.25, 0.3) is 0 Å². The molecule has 0 saturated heterocycles. The van der Waals surface area contributed by atoms with Gasteiger partial charge in [-0.15, -0.1) is 11.8 Å². The highest BCUT2D eigenvalue weighted by atomic mass is 35.5. The van der Waals surface area contributed by atoms with Crippen LogP contribution in [0, 0.1) is 0 Å². The Hall–Kier alpha value is -0.380. The second-order valence-corrected chi connectivity index (χ2v) is 5.07. The molecular weight excluding hydrogens is 242 g/mol. The summed E-state index contributed by atoms with van der Waals surface area (Å²) < 4.78 is 5.47. The number of halogens is 1. The second-order valence-electron chi connectivity index (χ2n) is 3.50. The van der Waals surface area contributed by atoms with Crippen molar-refractivity contribution in [3.05, 3.63) is 23.2 Å². The number of ether oxygens (including phenoxy) is 1. The van der Waals surface area contributed by atoms with E-state index in [1.807, 2.05) is 12.1 Å². The number of thioether (sulfide) groups is 1. The van der Waals surface area contributed by atoms with E-state index >= 15 is 0 Å². The molecule has 0 saturated carbocycles. The predicted octanol–water partition coefficient (Wildman–Crippen LogP) is 3.83. The quantitative estimate of drug-likeness (QED) is 0.459. The van der Waals surface area contributed by atoms with Crippen LogP contribution in [0.2, 0.25) is 5.02 Å². The zero-order valence-corrected chi connectivity index (χ0v) is 11.1. The molecule has 0 bridgehead atoms. The fourth-order valence-corrected chi connectivity index (χ4v) is 2.20. The molecule has 0 aliphatic carbocycles. The molecule has 0 fully saturated rings. The van der Waals surface area contributed by atoms with E-state index in [0.717, 1.165) is 36.0 Å². The van der Waals surface area contributed by atoms with Gasteiger partial charge in [0.1, 0.15) is 0 Å². The molecule has 1 aromatic rings. The zero-order chi connectivity index (χ0) is 11.8. The largest absolute Gasteiger partial charge is 0.398 e. The molecule has 0 spiro atoms. The summed E-state index contributed by atoms with van der Waals surface area (Å²) in [6.45, 7) is 3.78. The Morgan fingerprint density at radius 1 is 1.38 bits per heavy atom. The Labute approximate surface area is 107 Å². The summed E-state index contributed by atoms with van der Waals surface area (Å²) in [5, 5.41) is 0.682. The molecule has 1 aromatic carbocycles. The summed E-state index contributed by atoms with van der Waals surface area (Å²) in [5.41, 5.74) is 6.58. The van der Waals surface area contributed by atoms with Crippen molar-refractivity contribution >= 4 is 29.1 Å². The first-order chi connectivity index (χ1) is 7.74. The highest BCUT2D eigenvalue weighted by molar-refractivity contribution is 7.99. The standard InChI is InChI=1S/C12H18ClNOS/c1-2-3-6-15-7-8-16-12-5-4-10(13)9-11(12)14/h4-5,9H,2-3,6-8,14H2,1H3. The lowest BCUT2D eigenvalue weighted by Gasteiger charge is -2.06. The normalized spacial score (nSPS) is 10.6. The minimum Gasteiger partial charge on any atom is -0.398 e. The lowest BCUT2D eigenvalue weighted by molar-refractivity contribution is 0.147. The third-order valence-electron chi connectivity index (χ3n) is 2.10. The number of unbranched alkanes of at least 4 members (excludes halogenated alkanes) is 1. The van der Waals surface area contributed by atoms with E-state index in [4.69, 9.17) is 22.1 Å². The SMILES string of the molecule is CCCCOCCSc1ccc(Cl)cc1N. The van der Waals surface area contributed by atoms with Gasteiger partial charge in [0, 0.05) is 28.0 Å². The van der Waals surface area contributed by atoms with Crippen LogP contribution in [0.3, 0.4) is 0 Å². The van der Waals surface area contributed by atoms with E-state index in [9.17, 15) is 0 Å². The molecule has 0 atom stereocenters. The molecule has 2 nitrogen and oxygen atoms in total. The third-order valence-corrected chi connectivity index (χ3v) is 3.39. The van der Waals surface area contributed by atoms with Crippen LogP contribution in [0.25, 0.3) is 0 Å². The van der Waals surface area contributed by atoms with Gasteiger partial charge in [0.2, 0.25) is 0 Å². The number of benzene rings is 1. The van der Waals surface area contributed by atoms with Gasteiger partial charge >= 0.3 is 0 Å². The Bertz CT molecular complexity index is 320. The molecule has 0 aliphatic heterocycles. The first-order valence-corrected chi connectivity index (χ1v) is 6.86. The van der Waals surface area contributed by atoms with Crippen LogP contribution >= 0.6 is 23.4 Å². The number of nitrogens with two attached hydrogens (primary N) is 1. The number of hydrogen-bond donors (Lipinski definition) is 1. The number of hydrogen-bond acceptors (Lipinski definition) is 3. The summed E-state index contributed by atoms with van der Waals surface area (Å²) in [6, 6.07) is 5.59. The molecular formula is C12H18ClNOS. The highest BCUT2D eigenvalue weighted by Crippen LogP contribution is 2.27. The third kappa shape index (κ3) is 5.10. The van der Waals surface area contributed by atoms with Crippen molar-refractivity contribution in [3.8, 4) is 0 Å². The average molecular weight is 260 g/mol. The van der Waals surface area contributed by atoms with Crippen LogP contribution in [0.5, 0.6) is 0 Å².